The van der Waals surface area contributed by atoms with Crippen LogP contribution in [0, 0.1) is 6.92 Å². The fraction of sp³-hybridized carbons (Fsp3) is 0.455. The zero-order chi connectivity index (χ0) is 10.7. The molecule has 0 radical (unpaired) electrons. The summed E-state index contributed by atoms with van der Waals surface area (Å²) in [6.07, 6.45) is 3.19. The van der Waals surface area contributed by atoms with E-state index in [1.165, 1.54) is 11.1 Å². The first kappa shape index (κ1) is 22.8. The van der Waals surface area contributed by atoms with E-state index in [1.807, 2.05) is 20.0 Å². The minimum absolute atomic E-state index is 0. The van der Waals surface area contributed by atoms with Crippen molar-refractivity contribution >= 4 is 15.1 Å². The Bertz CT molecular complexity index is 348. The number of aryl methyl sites for hydroxylation is 1. The molecule has 2 nitrogen and oxygen atoms in total. The molecule has 0 aliphatic heterocycles. The van der Waals surface area contributed by atoms with Gasteiger partial charge in [0.2, 0.25) is 0 Å². The summed E-state index contributed by atoms with van der Waals surface area (Å²) in [4.78, 5) is 8.19. The number of fused-ring (bicyclic) bond motifs is 1. The Balaban J connectivity index is -0.000000252. The maximum atomic E-state index is 8.19. The molecule has 17 heavy (non-hydrogen) atoms. The Labute approximate surface area is 137 Å². The van der Waals surface area contributed by atoms with Gasteiger partial charge in [0.25, 0.3) is 0 Å². The Morgan fingerprint density at radius 3 is 2.12 bits per heavy atom. The van der Waals surface area contributed by atoms with Gasteiger partial charge in [0.1, 0.15) is 11.5 Å². The largest absolute Gasteiger partial charge is 2.00 e. The molecule has 0 bridgehead atoms. The summed E-state index contributed by atoms with van der Waals surface area (Å²) in [7, 11) is -1.14. The molecule has 0 amide bonds. The van der Waals surface area contributed by atoms with Gasteiger partial charge >= 0.3 is 26.2 Å². The summed E-state index contributed by atoms with van der Waals surface area (Å²) >= 11 is 0. The smallest absolute Gasteiger partial charge is 1.00 e. The molecule has 96 valence electrons. The van der Waals surface area contributed by atoms with E-state index in [4.69, 9.17) is 9.21 Å². The van der Waals surface area contributed by atoms with Crippen molar-refractivity contribution in [2.24, 2.45) is 0 Å². The van der Waals surface area contributed by atoms with Gasteiger partial charge in [-0.25, -0.2) is 0 Å². The number of allylic oxidation sites excluding steroid dienone is 1. The van der Waals surface area contributed by atoms with Gasteiger partial charge in [0.15, 0.2) is 9.04 Å². The van der Waals surface area contributed by atoms with Crippen LogP contribution in [0.3, 0.4) is 0 Å². The average molecular weight is 372 g/mol. The summed E-state index contributed by atoms with van der Waals surface area (Å²) in [6.45, 7) is 7.84. The summed E-state index contributed by atoms with van der Waals surface area (Å²) in [6, 6.07) is 2.11. The van der Waals surface area contributed by atoms with Crippen molar-refractivity contribution in [3.63, 3.8) is 0 Å². The van der Waals surface area contributed by atoms with Gasteiger partial charge in [-0.15, -0.1) is 0 Å². The molecule has 0 saturated carbocycles. The molecular formula is C11H18Cl2O2SiZr. The van der Waals surface area contributed by atoms with Gasteiger partial charge in [-0.05, 0) is 45.5 Å². The van der Waals surface area contributed by atoms with Crippen molar-refractivity contribution in [3.05, 3.63) is 28.7 Å². The first-order valence-corrected chi connectivity index (χ1v) is 7.76. The molecule has 0 spiro atoms. The minimum Gasteiger partial charge on any atom is -1.00 e. The molecule has 0 saturated heterocycles. The molecule has 1 aliphatic rings. The van der Waals surface area contributed by atoms with E-state index >= 15 is 0 Å². The Kier molecular flexibility index (Phi) is 14.2. The number of hydrogen-bond donors (Lipinski definition) is 1. The molecule has 1 aliphatic carbocycles. The summed E-state index contributed by atoms with van der Waals surface area (Å²) in [5.41, 5.74) is 2.74. The summed E-state index contributed by atoms with van der Waals surface area (Å²) in [5.74, 6) is 2.09. The number of hydrogen-bond acceptors (Lipinski definition) is 2. The molecule has 1 N–H and O–H groups in total. The van der Waals surface area contributed by atoms with E-state index in [2.05, 4.69) is 19.1 Å². The van der Waals surface area contributed by atoms with Crippen molar-refractivity contribution in [2.45, 2.75) is 33.4 Å². The van der Waals surface area contributed by atoms with Gasteiger partial charge in [0, 0.05) is 5.56 Å². The SMILES string of the molecule is CC1=Cc2oc(C)cc2C1.C[SiH](C)O.[Cl-].[Cl-].[Zr+2]. The zero-order valence-electron chi connectivity index (χ0n) is 10.6. The fourth-order valence-electron chi connectivity index (χ4n) is 1.42. The summed E-state index contributed by atoms with van der Waals surface area (Å²) < 4.78 is 5.42. The van der Waals surface area contributed by atoms with Crippen LogP contribution in [0.4, 0.5) is 0 Å². The Hall–Kier alpha value is 0.660. The fourth-order valence-corrected chi connectivity index (χ4v) is 1.42. The molecule has 6 heteroatoms. The summed E-state index contributed by atoms with van der Waals surface area (Å²) in [5, 5.41) is 0. The van der Waals surface area contributed by atoms with Crippen LogP contribution < -0.4 is 24.8 Å². The molecule has 0 unspecified atom stereocenters. The second kappa shape index (κ2) is 10.6. The Morgan fingerprint density at radius 1 is 1.24 bits per heavy atom. The topological polar surface area (TPSA) is 33.4 Å². The van der Waals surface area contributed by atoms with Crippen LogP contribution in [0.1, 0.15) is 24.0 Å². The van der Waals surface area contributed by atoms with E-state index in [0.717, 1.165) is 17.9 Å². The van der Waals surface area contributed by atoms with Gasteiger partial charge in [-0.2, -0.15) is 0 Å². The zero-order valence-corrected chi connectivity index (χ0v) is 15.7. The molecule has 1 aromatic heterocycles. The molecular weight excluding hydrogens is 354 g/mol. The van der Waals surface area contributed by atoms with Crippen LogP contribution in [-0.2, 0) is 32.6 Å². The molecule has 0 aromatic carbocycles. The molecule has 0 atom stereocenters. The molecule has 2 rings (SSSR count). The van der Waals surface area contributed by atoms with E-state index in [9.17, 15) is 0 Å². The second-order valence-corrected chi connectivity index (χ2v) is 6.20. The van der Waals surface area contributed by atoms with Gasteiger partial charge in [-0.1, -0.05) is 5.57 Å². The quantitative estimate of drug-likeness (QED) is 0.480. The van der Waals surface area contributed by atoms with Gasteiger partial charge in [-0.3, -0.25) is 0 Å². The predicted octanol–water partition coefficient (Wildman–Crippen LogP) is -3.48. The maximum Gasteiger partial charge on any atom is 2.00 e. The van der Waals surface area contributed by atoms with Gasteiger partial charge in [0.05, 0.1) is 0 Å². The van der Waals surface area contributed by atoms with E-state index in [-0.39, 0.29) is 51.0 Å². The van der Waals surface area contributed by atoms with E-state index in [0.29, 0.717) is 0 Å². The van der Waals surface area contributed by atoms with Crippen LogP contribution in [0.5, 0.6) is 0 Å². The van der Waals surface area contributed by atoms with Crippen LogP contribution in [0.2, 0.25) is 13.1 Å². The minimum atomic E-state index is -1.14. The number of halogens is 2. The van der Waals surface area contributed by atoms with E-state index < -0.39 is 9.04 Å². The average Bonchev–Trinajstić information content (AvgIpc) is 2.41. The monoisotopic (exact) mass is 370 g/mol. The van der Waals surface area contributed by atoms with Gasteiger partial charge < -0.3 is 34.0 Å². The first-order chi connectivity index (χ1) is 6.49. The van der Waals surface area contributed by atoms with Crippen molar-refractivity contribution in [2.75, 3.05) is 0 Å². The van der Waals surface area contributed by atoms with Crippen molar-refractivity contribution in [1.29, 1.82) is 0 Å². The van der Waals surface area contributed by atoms with Crippen LogP contribution in [0.15, 0.2) is 16.1 Å². The normalized spacial score (nSPS) is 11.1. The maximum absolute atomic E-state index is 8.19. The van der Waals surface area contributed by atoms with Crippen LogP contribution in [0.25, 0.3) is 6.08 Å². The van der Waals surface area contributed by atoms with E-state index in [1.54, 1.807) is 0 Å². The third-order valence-electron chi connectivity index (χ3n) is 1.81. The van der Waals surface area contributed by atoms with Crippen LogP contribution in [-0.4, -0.2) is 13.8 Å². The Morgan fingerprint density at radius 2 is 1.71 bits per heavy atom. The standard InChI is InChI=1S/C9H10O.C2H8OSi.2ClH.Zr/c1-6-3-8-5-7(2)10-9(8)4-6;1-4(2)3;;;/h4-5H,3H2,1-2H3;3-4H,1-2H3;2*1H;/q;;;;+2/p-2. The van der Waals surface area contributed by atoms with Crippen molar-refractivity contribution in [3.8, 4) is 0 Å². The molecule has 0 fully saturated rings. The molecule has 1 aromatic rings. The number of furan rings is 1. The van der Waals surface area contributed by atoms with Crippen molar-refractivity contribution < 1.29 is 60.2 Å². The van der Waals surface area contributed by atoms with Crippen molar-refractivity contribution in [1.82, 2.24) is 0 Å². The van der Waals surface area contributed by atoms with Crippen LogP contribution >= 0.6 is 0 Å². The second-order valence-electron chi connectivity index (χ2n) is 4.01. The number of rotatable bonds is 0. The predicted molar refractivity (Wildman–Crippen MR) is 61.9 cm³/mol. The third-order valence-corrected chi connectivity index (χ3v) is 1.81. The first-order valence-electron chi connectivity index (χ1n) is 4.93. The molecule has 1 heterocycles. The third kappa shape index (κ3) is 8.39.